The summed E-state index contributed by atoms with van der Waals surface area (Å²) >= 11 is 0. The average Bonchev–Trinajstić information content (AvgIpc) is 1.41. The predicted octanol–water partition coefficient (Wildman–Crippen LogP) is -2.40. The van der Waals surface area contributed by atoms with Gasteiger partial charge in [-0.1, -0.05) is 0 Å². The molecule has 0 aliphatic rings. The SMILES string of the molecule is [C-]#CC#CC.[K+]. The molecule has 0 radical (unpaired) electrons. The Morgan fingerprint density at radius 1 is 1.50 bits per heavy atom. The summed E-state index contributed by atoms with van der Waals surface area (Å²) in [5, 5.41) is 0. The van der Waals surface area contributed by atoms with Crippen LogP contribution >= 0.6 is 0 Å². The molecule has 0 rings (SSSR count). The molecule has 0 aliphatic heterocycles. The van der Waals surface area contributed by atoms with Crippen LogP contribution in [0, 0.1) is 24.2 Å². The van der Waals surface area contributed by atoms with Crippen molar-refractivity contribution in [1.82, 2.24) is 0 Å². The third kappa shape index (κ3) is 8.83. The van der Waals surface area contributed by atoms with E-state index in [1.54, 1.807) is 6.92 Å². The first-order chi connectivity index (χ1) is 2.41. The third-order valence-corrected chi connectivity index (χ3v) is 0.188. The maximum atomic E-state index is 6.18. The molecule has 0 unspecified atom stereocenters. The Morgan fingerprint density at radius 2 is 2.00 bits per heavy atom. The van der Waals surface area contributed by atoms with Crippen LogP contribution in [0.2, 0.25) is 0 Å². The Kier molecular flexibility index (Phi) is 15.2. The maximum Gasteiger partial charge on any atom is 1.00 e. The van der Waals surface area contributed by atoms with Crippen molar-refractivity contribution in [3.05, 3.63) is 6.42 Å². The van der Waals surface area contributed by atoms with Crippen LogP contribution in [0.4, 0.5) is 0 Å². The molecule has 0 N–H and O–H groups in total. The molecule has 1 heteroatoms. The van der Waals surface area contributed by atoms with Gasteiger partial charge in [-0.25, -0.2) is 5.92 Å². The van der Waals surface area contributed by atoms with E-state index in [0.29, 0.717) is 0 Å². The molecule has 0 aromatic carbocycles. The number of hydrogen-bond donors (Lipinski definition) is 0. The Morgan fingerprint density at radius 3 is 2.00 bits per heavy atom. The van der Waals surface area contributed by atoms with Gasteiger partial charge in [0.15, 0.2) is 0 Å². The summed E-state index contributed by atoms with van der Waals surface area (Å²) in [4.78, 5) is 0. The molecule has 0 saturated heterocycles. The van der Waals surface area contributed by atoms with E-state index >= 15 is 0 Å². The van der Waals surface area contributed by atoms with Gasteiger partial charge in [0.05, 0.1) is 0 Å². The van der Waals surface area contributed by atoms with Crippen LogP contribution in [0.25, 0.3) is 0 Å². The van der Waals surface area contributed by atoms with E-state index in [4.69, 9.17) is 6.42 Å². The molecule has 0 aliphatic carbocycles. The first-order valence-corrected chi connectivity index (χ1v) is 1.25. The molecule has 24 valence electrons. The zero-order valence-electron chi connectivity index (χ0n) is 4.00. The Labute approximate surface area is 81.1 Å². The molecule has 0 heterocycles. The molecule has 0 fully saturated rings. The summed E-state index contributed by atoms with van der Waals surface area (Å²) in [6.45, 7) is 1.67. The van der Waals surface area contributed by atoms with Crippen LogP contribution in [0.1, 0.15) is 6.92 Å². The van der Waals surface area contributed by atoms with Gasteiger partial charge >= 0.3 is 51.4 Å². The molecule has 0 bridgehead atoms. The number of rotatable bonds is 0. The molecule has 0 atom stereocenters. The molecular formula is C5H3K. The van der Waals surface area contributed by atoms with E-state index in [1.165, 1.54) is 0 Å². The summed E-state index contributed by atoms with van der Waals surface area (Å²) in [5.74, 6) is 6.65. The van der Waals surface area contributed by atoms with Gasteiger partial charge in [-0.15, -0.1) is 0 Å². The van der Waals surface area contributed by atoms with E-state index in [9.17, 15) is 0 Å². The van der Waals surface area contributed by atoms with Crippen molar-refractivity contribution < 1.29 is 51.4 Å². The molecule has 0 spiro atoms. The summed E-state index contributed by atoms with van der Waals surface area (Å²) in [6, 6.07) is 0. The van der Waals surface area contributed by atoms with E-state index in [1.807, 2.05) is 5.92 Å². The number of hydrogen-bond acceptors (Lipinski definition) is 0. The van der Waals surface area contributed by atoms with Gasteiger partial charge in [0, 0.05) is 0 Å². The molecule has 6 heavy (non-hydrogen) atoms. The quantitative estimate of drug-likeness (QED) is 0.182. The van der Waals surface area contributed by atoms with Crippen LogP contribution in [-0.2, 0) is 0 Å². The van der Waals surface area contributed by atoms with Crippen molar-refractivity contribution >= 4 is 0 Å². The van der Waals surface area contributed by atoms with Crippen molar-refractivity contribution in [2.45, 2.75) is 6.92 Å². The smallest absolute Gasteiger partial charge is 0.358 e. The van der Waals surface area contributed by atoms with E-state index in [2.05, 4.69) is 11.8 Å². The Bertz CT molecular complexity index is 97.3. The molecule has 0 amide bonds. The molecular weight excluding hydrogens is 99.2 g/mol. The van der Waals surface area contributed by atoms with Crippen molar-refractivity contribution in [2.75, 3.05) is 0 Å². The van der Waals surface area contributed by atoms with Gasteiger partial charge in [0.2, 0.25) is 0 Å². The van der Waals surface area contributed by atoms with Gasteiger partial charge in [-0.2, -0.15) is 0 Å². The molecule has 0 saturated carbocycles. The van der Waals surface area contributed by atoms with E-state index < -0.39 is 0 Å². The second kappa shape index (κ2) is 9.23. The normalized spacial score (nSPS) is 2.67. The van der Waals surface area contributed by atoms with E-state index in [0.717, 1.165) is 0 Å². The fourth-order valence-corrected chi connectivity index (χ4v) is 0.0625. The van der Waals surface area contributed by atoms with Crippen LogP contribution in [0.15, 0.2) is 0 Å². The van der Waals surface area contributed by atoms with Crippen molar-refractivity contribution in [2.24, 2.45) is 0 Å². The van der Waals surface area contributed by atoms with Gasteiger partial charge in [-0.3, -0.25) is 11.8 Å². The van der Waals surface area contributed by atoms with Crippen LogP contribution in [0.5, 0.6) is 0 Å². The minimum absolute atomic E-state index is 0. The largest absolute Gasteiger partial charge is 1.00 e. The zero-order chi connectivity index (χ0) is 4.12. The van der Waals surface area contributed by atoms with E-state index in [-0.39, 0.29) is 51.4 Å². The average molecular weight is 102 g/mol. The summed E-state index contributed by atoms with van der Waals surface area (Å²) in [6.07, 6.45) is 6.18. The minimum Gasteiger partial charge on any atom is -0.358 e. The first-order valence-electron chi connectivity index (χ1n) is 1.25. The minimum atomic E-state index is 0. The fourth-order valence-electron chi connectivity index (χ4n) is 0.0625. The van der Waals surface area contributed by atoms with Crippen LogP contribution < -0.4 is 51.4 Å². The Hall–Kier alpha value is 0.756. The summed E-state index contributed by atoms with van der Waals surface area (Å²) in [7, 11) is 0. The second-order valence-corrected chi connectivity index (χ2v) is 0.500. The van der Waals surface area contributed by atoms with Gasteiger partial charge in [0.1, 0.15) is 0 Å². The van der Waals surface area contributed by atoms with Crippen molar-refractivity contribution in [3.8, 4) is 17.8 Å². The van der Waals surface area contributed by atoms with Gasteiger partial charge < -0.3 is 6.42 Å². The predicted molar refractivity (Wildman–Crippen MR) is 20.6 cm³/mol. The summed E-state index contributed by atoms with van der Waals surface area (Å²) < 4.78 is 0. The van der Waals surface area contributed by atoms with Crippen molar-refractivity contribution in [3.63, 3.8) is 0 Å². The molecule has 0 nitrogen and oxygen atoms in total. The summed E-state index contributed by atoms with van der Waals surface area (Å²) in [5.41, 5.74) is 0. The Balaban J connectivity index is 0. The topological polar surface area (TPSA) is 0 Å². The molecule has 0 aromatic heterocycles. The van der Waals surface area contributed by atoms with Crippen LogP contribution in [-0.4, -0.2) is 0 Å². The fraction of sp³-hybridized carbons (Fsp3) is 0.200. The standard InChI is InChI=1S/C5H3.K/c1-3-5-4-2;/h1H3;/q-1;+1. The first kappa shape index (κ1) is 9.90. The monoisotopic (exact) mass is 102 g/mol. The molecule has 0 aromatic rings. The van der Waals surface area contributed by atoms with Gasteiger partial charge in [-0.05, 0) is 6.92 Å². The zero-order valence-corrected chi connectivity index (χ0v) is 7.12. The van der Waals surface area contributed by atoms with Crippen molar-refractivity contribution in [1.29, 1.82) is 0 Å². The maximum absolute atomic E-state index is 6.18. The van der Waals surface area contributed by atoms with Gasteiger partial charge in [0.25, 0.3) is 0 Å². The third-order valence-electron chi connectivity index (χ3n) is 0.188. The van der Waals surface area contributed by atoms with Crippen LogP contribution in [0.3, 0.4) is 0 Å². The second-order valence-electron chi connectivity index (χ2n) is 0.500.